The van der Waals surface area contributed by atoms with Crippen molar-refractivity contribution in [2.75, 3.05) is 11.9 Å². The summed E-state index contributed by atoms with van der Waals surface area (Å²) in [5, 5.41) is 12.3. The van der Waals surface area contributed by atoms with Gasteiger partial charge in [0.2, 0.25) is 0 Å². The highest BCUT2D eigenvalue weighted by atomic mass is 19.4. The molecule has 0 fully saturated rings. The maximum atomic E-state index is 13.8. The zero-order valence-electron chi connectivity index (χ0n) is 24.9. The Morgan fingerprint density at radius 3 is 2.59 bits per heavy atom. The fraction of sp³-hybridized carbons (Fsp3) is 0.367. The van der Waals surface area contributed by atoms with Crippen molar-refractivity contribution in [3.05, 3.63) is 59.8 Å². The number of rotatable bonds is 9. The van der Waals surface area contributed by atoms with Crippen LogP contribution in [-0.4, -0.2) is 54.3 Å². The first-order chi connectivity index (χ1) is 20.7. The predicted octanol–water partition coefficient (Wildman–Crippen LogP) is 5.19. The SMILES string of the molecule is C#CCn1cc(-c2cnc3c(Nc4ccc(C(=O)NC(C)CNC(=O)OC(C)(C)C)c(CC)c4)nccn23)c(C(F)(F)F)n1. The molecule has 2 amide bonds. The number of anilines is 2. The molecule has 1 atom stereocenters. The average molecular weight is 611 g/mol. The maximum Gasteiger partial charge on any atom is 0.435 e. The Hall–Kier alpha value is -5.06. The van der Waals surface area contributed by atoms with Crippen molar-refractivity contribution in [2.45, 2.75) is 65.4 Å². The average Bonchev–Trinajstić information content (AvgIpc) is 3.56. The Labute approximate surface area is 252 Å². The lowest BCUT2D eigenvalue weighted by Crippen LogP contribution is -2.43. The predicted molar refractivity (Wildman–Crippen MR) is 158 cm³/mol. The van der Waals surface area contributed by atoms with Crippen LogP contribution in [0.5, 0.6) is 0 Å². The number of benzene rings is 1. The van der Waals surface area contributed by atoms with Gasteiger partial charge in [0.25, 0.3) is 5.91 Å². The minimum absolute atomic E-state index is 0.121. The molecule has 232 valence electrons. The van der Waals surface area contributed by atoms with E-state index >= 15 is 0 Å². The highest BCUT2D eigenvalue weighted by Crippen LogP contribution is 2.37. The molecule has 11 nitrogen and oxygen atoms in total. The molecule has 0 saturated carbocycles. The number of aryl methyl sites for hydroxylation is 1. The van der Waals surface area contributed by atoms with Crippen LogP contribution in [0.25, 0.3) is 16.9 Å². The minimum atomic E-state index is -4.70. The first kappa shape index (κ1) is 31.9. The Kier molecular flexibility index (Phi) is 9.17. The smallest absolute Gasteiger partial charge is 0.435 e. The van der Waals surface area contributed by atoms with Crippen LogP contribution < -0.4 is 16.0 Å². The Balaban J connectivity index is 1.53. The summed E-state index contributed by atoms with van der Waals surface area (Å²) in [4.78, 5) is 33.6. The fourth-order valence-electron chi connectivity index (χ4n) is 4.42. The van der Waals surface area contributed by atoms with Crippen LogP contribution in [-0.2, 0) is 23.9 Å². The summed E-state index contributed by atoms with van der Waals surface area (Å²) in [6.45, 7) is 9.01. The first-order valence-corrected chi connectivity index (χ1v) is 13.8. The van der Waals surface area contributed by atoms with Crippen LogP contribution in [0, 0.1) is 12.3 Å². The highest BCUT2D eigenvalue weighted by Gasteiger charge is 2.38. The number of hydrogen-bond acceptors (Lipinski definition) is 7. The van der Waals surface area contributed by atoms with Gasteiger partial charge in [-0.15, -0.1) is 6.42 Å². The fourth-order valence-corrected chi connectivity index (χ4v) is 4.42. The molecule has 44 heavy (non-hydrogen) atoms. The lowest BCUT2D eigenvalue weighted by molar-refractivity contribution is -0.141. The molecule has 0 saturated heterocycles. The third kappa shape index (κ3) is 7.47. The largest absolute Gasteiger partial charge is 0.444 e. The molecule has 0 radical (unpaired) electrons. The number of carbonyl (C=O) groups is 2. The molecule has 0 aliphatic heterocycles. The van der Waals surface area contributed by atoms with Crippen molar-refractivity contribution in [3.8, 4) is 23.6 Å². The molecule has 4 aromatic rings. The number of nitrogens with zero attached hydrogens (tertiary/aromatic N) is 5. The van der Waals surface area contributed by atoms with Gasteiger partial charge in [0.05, 0.1) is 17.5 Å². The molecule has 0 bridgehead atoms. The van der Waals surface area contributed by atoms with E-state index in [1.807, 2.05) is 6.92 Å². The number of aromatic nitrogens is 5. The topological polar surface area (TPSA) is 127 Å². The lowest BCUT2D eigenvalue weighted by Gasteiger charge is -2.21. The van der Waals surface area contributed by atoms with E-state index in [4.69, 9.17) is 11.2 Å². The Morgan fingerprint density at radius 1 is 1.18 bits per heavy atom. The molecular weight excluding hydrogens is 577 g/mol. The monoisotopic (exact) mass is 610 g/mol. The van der Waals surface area contributed by atoms with Gasteiger partial charge in [0, 0.05) is 42.4 Å². The Bertz CT molecular complexity index is 1710. The highest BCUT2D eigenvalue weighted by molar-refractivity contribution is 5.96. The van der Waals surface area contributed by atoms with Gasteiger partial charge in [-0.05, 0) is 57.9 Å². The second-order valence-electron chi connectivity index (χ2n) is 11.0. The molecule has 3 aromatic heterocycles. The number of alkyl halides is 3. The van der Waals surface area contributed by atoms with E-state index in [9.17, 15) is 22.8 Å². The zero-order chi connectivity index (χ0) is 32.2. The molecule has 1 unspecified atom stereocenters. The van der Waals surface area contributed by atoms with Crippen LogP contribution in [0.1, 0.15) is 56.2 Å². The van der Waals surface area contributed by atoms with E-state index < -0.39 is 23.6 Å². The summed E-state index contributed by atoms with van der Waals surface area (Å²) in [7, 11) is 0. The third-order valence-electron chi connectivity index (χ3n) is 6.31. The maximum absolute atomic E-state index is 13.8. The van der Waals surface area contributed by atoms with Crippen LogP contribution in [0.4, 0.5) is 29.5 Å². The van der Waals surface area contributed by atoms with Crippen molar-refractivity contribution in [2.24, 2.45) is 0 Å². The van der Waals surface area contributed by atoms with Gasteiger partial charge in [-0.25, -0.2) is 14.8 Å². The van der Waals surface area contributed by atoms with Gasteiger partial charge in [-0.3, -0.25) is 13.9 Å². The molecule has 14 heteroatoms. The number of hydrogen-bond donors (Lipinski definition) is 3. The van der Waals surface area contributed by atoms with Crippen molar-refractivity contribution in [3.63, 3.8) is 0 Å². The summed E-state index contributed by atoms with van der Waals surface area (Å²) in [5.41, 5.74) is 0.373. The summed E-state index contributed by atoms with van der Waals surface area (Å²) >= 11 is 0. The molecule has 1 aromatic carbocycles. The molecule has 3 heterocycles. The van der Waals surface area contributed by atoms with Crippen LogP contribution in [0.15, 0.2) is 43.0 Å². The van der Waals surface area contributed by atoms with E-state index in [2.05, 4.69) is 36.9 Å². The number of ether oxygens (including phenoxy) is 1. The third-order valence-corrected chi connectivity index (χ3v) is 6.31. The molecule has 0 spiro atoms. The summed E-state index contributed by atoms with van der Waals surface area (Å²) in [6.07, 6.45) is 6.04. The van der Waals surface area contributed by atoms with E-state index in [0.29, 0.717) is 23.5 Å². The summed E-state index contributed by atoms with van der Waals surface area (Å²) < 4.78 is 49.1. The normalized spacial score (nSPS) is 12.4. The van der Waals surface area contributed by atoms with Gasteiger partial charge >= 0.3 is 12.3 Å². The van der Waals surface area contributed by atoms with E-state index in [1.54, 1.807) is 45.9 Å². The number of fused-ring (bicyclic) bond motifs is 1. The number of carbonyl (C=O) groups excluding carboxylic acids is 2. The first-order valence-electron chi connectivity index (χ1n) is 13.8. The lowest BCUT2D eigenvalue weighted by atomic mass is 10.0. The van der Waals surface area contributed by atoms with Gasteiger partial charge in [-0.1, -0.05) is 12.8 Å². The number of nitrogens with one attached hydrogen (secondary N) is 3. The van der Waals surface area contributed by atoms with Gasteiger partial charge in [0.1, 0.15) is 12.1 Å². The molecule has 4 rings (SSSR count). The Morgan fingerprint density at radius 2 is 1.93 bits per heavy atom. The van der Waals surface area contributed by atoms with Crippen LogP contribution in [0.3, 0.4) is 0 Å². The number of halogens is 3. The second kappa shape index (κ2) is 12.7. The quantitative estimate of drug-likeness (QED) is 0.223. The standard InChI is InChI=1S/C30H33F3N8O3/c1-7-12-40-17-22(24(39-40)30(31,32)33)23-16-35-26-25(34-11-13-41(23)26)38-20-9-10-21(19(8-2)14-20)27(42)37-18(3)15-36-28(43)44-29(4,5)6/h1,9-11,13-14,16-18H,8,12,15H2,2-6H3,(H,34,38)(H,36,43)(H,37,42). The van der Waals surface area contributed by atoms with E-state index in [1.165, 1.54) is 29.2 Å². The van der Waals surface area contributed by atoms with Gasteiger partial charge in [0.15, 0.2) is 17.2 Å². The van der Waals surface area contributed by atoms with Crippen molar-refractivity contribution in [1.29, 1.82) is 0 Å². The van der Waals surface area contributed by atoms with Gasteiger partial charge < -0.3 is 20.7 Å². The number of amides is 2. The number of alkyl carbamates (subject to hydrolysis) is 1. The number of imidazole rings is 1. The van der Waals surface area contributed by atoms with Crippen LogP contribution in [0.2, 0.25) is 0 Å². The second-order valence-corrected chi connectivity index (χ2v) is 11.0. The van der Waals surface area contributed by atoms with Crippen molar-refractivity contribution in [1.82, 2.24) is 34.8 Å². The van der Waals surface area contributed by atoms with Crippen LogP contribution >= 0.6 is 0 Å². The zero-order valence-corrected chi connectivity index (χ0v) is 24.9. The van der Waals surface area contributed by atoms with E-state index in [-0.39, 0.29) is 41.9 Å². The molecule has 0 aliphatic carbocycles. The molecular formula is C30H33F3N8O3. The number of terminal acetylenes is 1. The summed E-state index contributed by atoms with van der Waals surface area (Å²) in [6, 6.07) is 4.78. The summed E-state index contributed by atoms with van der Waals surface area (Å²) in [5.74, 6) is 2.27. The molecule has 3 N–H and O–H groups in total. The van der Waals surface area contributed by atoms with Crippen molar-refractivity contribution < 1.29 is 27.5 Å². The minimum Gasteiger partial charge on any atom is -0.444 e. The van der Waals surface area contributed by atoms with Crippen molar-refractivity contribution >= 4 is 29.2 Å². The van der Waals surface area contributed by atoms with Gasteiger partial charge in [-0.2, -0.15) is 18.3 Å². The molecule has 0 aliphatic rings. The van der Waals surface area contributed by atoms with E-state index in [0.717, 1.165) is 10.2 Å².